The summed E-state index contributed by atoms with van der Waals surface area (Å²) in [6.45, 7) is 0.458. The lowest BCUT2D eigenvalue weighted by atomic mass is 10.0. The molecule has 0 unspecified atom stereocenters. The molecule has 1 N–H and O–H groups in total. The summed E-state index contributed by atoms with van der Waals surface area (Å²) in [5.41, 5.74) is -0.145. The van der Waals surface area contributed by atoms with Crippen molar-refractivity contribution in [3.63, 3.8) is 0 Å². The van der Waals surface area contributed by atoms with E-state index in [9.17, 15) is 4.79 Å². The number of aliphatic carboxylic acids is 1. The number of hydrogen-bond acceptors (Lipinski definition) is 2. The predicted molar refractivity (Wildman–Crippen MR) is 60.9 cm³/mol. The standard InChI is InChI=1S/C12H13ClO3/c13-9-2-1-3-10(6-9)16-8-12(4-5-12)7-11(14)15/h1-3,6H,4-5,7-8H2,(H,14,15). The topological polar surface area (TPSA) is 46.5 Å². The highest BCUT2D eigenvalue weighted by atomic mass is 35.5. The third kappa shape index (κ3) is 2.89. The van der Waals surface area contributed by atoms with Crippen LogP contribution < -0.4 is 4.74 Å². The van der Waals surface area contributed by atoms with Gasteiger partial charge >= 0.3 is 5.97 Å². The van der Waals surface area contributed by atoms with Crippen molar-refractivity contribution >= 4 is 17.6 Å². The first-order valence-corrected chi connectivity index (χ1v) is 5.58. The van der Waals surface area contributed by atoms with E-state index < -0.39 is 5.97 Å². The van der Waals surface area contributed by atoms with Gasteiger partial charge in [0.15, 0.2) is 0 Å². The molecule has 0 heterocycles. The van der Waals surface area contributed by atoms with Gasteiger partial charge in [0.25, 0.3) is 0 Å². The van der Waals surface area contributed by atoms with E-state index in [1.165, 1.54) is 0 Å². The largest absolute Gasteiger partial charge is 0.493 e. The van der Waals surface area contributed by atoms with Gasteiger partial charge in [-0.2, -0.15) is 0 Å². The molecule has 0 radical (unpaired) electrons. The van der Waals surface area contributed by atoms with Crippen molar-refractivity contribution in [1.29, 1.82) is 0 Å². The Hall–Kier alpha value is -1.22. The van der Waals surface area contributed by atoms with Crippen LogP contribution in [0.3, 0.4) is 0 Å². The summed E-state index contributed by atoms with van der Waals surface area (Å²) in [5, 5.41) is 9.38. The second-order valence-corrected chi connectivity index (χ2v) is 4.75. The molecule has 1 aromatic carbocycles. The molecule has 86 valence electrons. The van der Waals surface area contributed by atoms with Crippen LogP contribution in [0.25, 0.3) is 0 Å². The van der Waals surface area contributed by atoms with E-state index in [4.69, 9.17) is 21.4 Å². The summed E-state index contributed by atoms with van der Waals surface area (Å²) in [7, 11) is 0. The SMILES string of the molecule is O=C(O)CC1(COc2cccc(Cl)c2)CC1. The van der Waals surface area contributed by atoms with Crippen molar-refractivity contribution in [1.82, 2.24) is 0 Å². The van der Waals surface area contributed by atoms with Crippen LogP contribution >= 0.6 is 11.6 Å². The Morgan fingerprint density at radius 2 is 2.25 bits per heavy atom. The maximum atomic E-state index is 10.6. The van der Waals surface area contributed by atoms with Crippen LogP contribution in [-0.4, -0.2) is 17.7 Å². The van der Waals surface area contributed by atoms with E-state index in [0.29, 0.717) is 17.4 Å². The van der Waals surface area contributed by atoms with Gasteiger partial charge in [-0.25, -0.2) is 0 Å². The lowest BCUT2D eigenvalue weighted by Crippen LogP contribution is -2.17. The van der Waals surface area contributed by atoms with Crippen molar-refractivity contribution in [2.24, 2.45) is 5.41 Å². The van der Waals surface area contributed by atoms with Crippen molar-refractivity contribution in [2.75, 3.05) is 6.61 Å². The predicted octanol–water partition coefficient (Wildman–Crippen LogP) is 2.97. The molecule has 2 rings (SSSR count). The molecule has 1 saturated carbocycles. The zero-order valence-corrected chi connectivity index (χ0v) is 9.54. The first-order valence-electron chi connectivity index (χ1n) is 5.20. The lowest BCUT2D eigenvalue weighted by Gasteiger charge is -2.13. The Bertz CT molecular complexity index is 399. The molecule has 0 saturated heterocycles. The van der Waals surface area contributed by atoms with E-state index in [2.05, 4.69) is 0 Å². The van der Waals surface area contributed by atoms with Gasteiger partial charge in [0, 0.05) is 10.4 Å². The fourth-order valence-electron chi connectivity index (χ4n) is 1.66. The van der Waals surface area contributed by atoms with Gasteiger partial charge in [0.2, 0.25) is 0 Å². The molecular formula is C12H13ClO3. The van der Waals surface area contributed by atoms with Gasteiger partial charge in [-0.3, -0.25) is 4.79 Å². The second-order valence-electron chi connectivity index (χ2n) is 4.32. The molecular weight excluding hydrogens is 228 g/mol. The highest BCUT2D eigenvalue weighted by Crippen LogP contribution is 2.49. The molecule has 0 spiro atoms. The van der Waals surface area contributed by atoms with Gasteiger partial charge in [-0.15, -0.1) is 0 Å². The average molecular weight is 241 g/mol. The number of hydrogen-bond donors (Lipinski definition) is 1. The van der Waals surface area contributed by atoms with Crippen LogP contribution in [0.15, 0.2) is 24.3 Å². The molecule has 0 atom stereocenters. The minimum Gasteiger partial charge on any atom is -0.493 e. The Labute approximate surface area is 99.0 Å². The maximum Gasteiger partial charge on any atom is 0.304 e. The quantitative estimate of drug-likeness (QED) is 0.861. The monoisotopic (exact) mass is 240 g/mol. The molecule has 4 heteroatoms. The van der Waals surface area contributed by atoms with E-state index in [1.54, 1.807) is 12.1 Å². The summed E-state index contributed by atoms with van der Waals surface area (Å²) in [6.07, 6.45) is 2.05. The van der Waals surface area contributed by atoms with Gasteiger partial charge in [0.05, 0.1) is 13.0 Å². The molecule has 1 aliphatic rings. The fraction of sp³-hybridized carbons (Fsp3) is 0.417. The molecule has 0 bridgehead atoms. The summed E-state index contributed by atoms with van der Waals surface area (Å²) >= 11 is 5.82. The number of rotatable bonds is 5. The van der Waals surface area contributed by atoms with Crippen LogP contribution in [0.1, 0.15) is 19.3 Å². The van der Waals surface area contributed by atoms with Crippen molar-refractivity contribution in [2.45, 2.75) is 19.3 Å². The Balaban J connectivity index is 1.90. The molecule has 1 aliphatic carbocycles. The number of carboxylic acid groups (broad SMARTS) is 1. The number of benzene rings is 1. The highest BCUT2D eigenvalue weighted by molar-refractivity contribution is 6.30. The zero-order chi connectivity index (χ0) is 11.6. The summed E-state index contributed by atoms with van der Waals surface area (Å²) in [6, 6.07) is 7.15. The Morgan fingerprint density at radius 1 is 1.50 bits per heavy atom. The van der Waals surface area contributed by atoms with Gasteiger partial charge in [0.1, 0.15) is 5.75 Å². The van der Waals surface area contributed by atoms with Crippen LogP contribution in [0.2, 0.25) is 5.02 Å². The van der Waals surface area contributed by atoms with E-state index in [-0.39, 0.29) is 11.8 Å². The van der Waals surface area contributed by atoms with Crippen molar-refractivity contribution in [3.05, 3.63) is 29.3 Å². The van der Waals surface area contributed by atoms with Crippen LogP contribution in [0.5, 0.6) is 5.75 Å². The second kappa shape index (κ2) is 4.34. The number of ether oxygens (including phenoxy) is 1. The molecule has 0 aliphatic heterocycles. The zero-order valence-electron chi connectivity index (χ0n) is 8.78. The summed E-state index contributed by atoms with van der Waals surface area (Å²) in [4.78, 5) is 10.6. The first-order chi connectivity index (χ1) is 7.60. The molecule has 0 aromatic heterocycles. The third-order valence-electron chi connectivity index (χ3n) is 2.82. The van der Waals surface area contributed by atoms with Crippen LogP contribution in [0, 0.1) is 5.41 Å². The first kappa shape index (κ1) is 11.3. The number of carbonyl (C=O) groups is 1. The van der Waals surface area contributed by atoms with Crippen LogP contribution in [-0.2, 0) is 4.79 Å². The molecule has 1 aromatic rings. The summed E-state index contributed by atoms with van der Waals surface area (Å²) in [5.74, 6) is -0.0589. The van der Waals surface area contributed by atoms with Crippen LogP contribution in [0.4, 0.5) is 0 Å². The smallest absolute Gasteiger partial charge is 0.304 e. The lowest BCUT2D eigenvalue weighted by molar-refractivity contribution is -0.138. The fourth-order valence-corrected chi connectivity index (χ4v) is 1.84. The summed E-state index contributed by atoms with van der Waals surface area (Å²) < 4.78 is 5.57. The highest BCUT2D eigenvalue weighted by Gasteiger charge is 2.45. The molecule has 0 amide bonds. The average Bonchev–Trinajstić information content (AvgIpc) is 2.95. The van der Waals surface area contributed by atoms with Crippen molar-refractivity contribution in [3.8, 4) is 5.75 Å². The van der Waals surface area contributed by atoms with Gasteiger partial charge in [-0.05, 0) is 31.0 Å². The maximum absolute atomic E-state index is 10.6. The van der Waals surface area contributed by atoms with Crippen molar-refractivity contribution < 1.29 is 14.6 Å². The molecule has 1 fully saturated rings. The Morgan fingerprint density at radius 3 is 2.81 bits per heavy atom. The Kier molecular flexibility index (Phi) is 3.06. The van der Waals surface area contributed by atoms with Gasteiger partial charge < -0.3 is 9.84 Å². The minimum atomic E-state index is -0.757. The number of carboxylic acids is 1. The minimum absolute atomic E-state index is 0.145. The van der Waals surface area contributed by atoms with E-state index in [0.717, 1.165) is 12.8 Å². The molecule has 16 heavy (non-hydrogen) atoms. The molecule has 3 nitrogen and oxygen atoms in total. The normalized spacial score (nSPS) is 16.8. The van der Waals surface area contributed by atoms with Gasteiger partial charge in [-0.1, -0.05) is 17.7 Å². The number of halogens is 1. The van der Waals surface area contributed by atoms with E-state index >= 15 is 0 Å². The third-order valence-corrected chi connectivity index (χ3v) is 3.06. The van der Waals surface area contributed by atoms with E-state index in [1.807, 2.05) is 12.1 Å².